The van der Waals surface area contributed by atoms with Gasteiger partial charge in [-0.2, -0.15) is 0 Å². The average Bonchev–Trinajstić information content (AvgIpc) is 3.06. The number of rotatable bonds is 5. The molecule has 0 spiro atoms. The van der Waals surface area contributed by atoms with Gasteiger partial charge in [0, 0.05) is 12.2 Å². The van der Waals surface area contributed by atoms with Gasteiger partial charge in [0.2, 0.25) is 0 Å². The molecular weight excluding hydrogens is 222 g/mol. The lowest BCUT2D eigenvalue weighted by atomic mass is 10.1. The topological polar surface area (TPSA) is 50.4 Å². The number of nitrogens with one attached hydrogen (secondary N) is 1. The fourth-order valence-corrected chi connectivity index (χ4v) is 2.22. The lowest BCUT2D eigenvalue weighted by molar-refractivity contribution is 0.675. The summed E-state index contributed by atoms with van der Waals surface area (Å²) >= 11 is 0. The van der Waals surface area contributed by atoms with Crippen molar-refractivity contribution in [3.63, 3.8) is 0 Å². The van der Waals surface area contributed by atoms with E-state index in [4.69, 9.17) is 5.73 Å². The van der Waals surface area contributed by atoms with E-state index >= 15 is 0 Å². The molecule has 0 atom stereocenters. The van der Waals surface area contributed by atoms with Crippen molar-refractivity contribution in [2.24, 2.45) is 16.6 Å². The van der Waals surface area contributed by atoms with Crippen LogP contribution in [0.5, 0.6) is 0 Å². The second-order valence-electron chi connectivity index (χ2n) is 5.35. The van der Waals surface area contributed by atoms with Gasteiger partial charge in [0.15, 0.2) is 5.96 Å². The van der Waals surface area contributed by atoms with Gasteiger partial charge in [-0.3, -0.25) is 4.99 Å². The van der Waals surface area contributed by atoms with Gasteiger partial charge >= 0.3 is 0 Å². The van der Waals surface area contributed by atoms with Crippen LogP contribution in [0.25, 0.3) is 0 Å². The minimum atomic E-state index is 0.524. The molecule has 3 nitrogen and oxygen atoms in total. The maximum Gasteiger partial charge on any atom is 0.193 e. The number of aliphatic imine (C=N–C) groups is 1. The predicted molar refractivity (Wildman–Crippen MR) is 78.0 cm³/mol. The molecule has 0 heterocycles. The standard InChI is InChI=1S/C15H23N3/c1-11-8-12(2)10-14(9-11)18-15(16)17-7-3-4-13-5-6-13/h8-10,13H,3-7H2,1-2H3,(H3,16,17,18). The van der Waals surface area contributed by atoms with Crippen LogP contribution >= 0.6 is 0 Å². The first kappa shape index (κ1) is 12.9. The largest absolute Gasteiger partial charge is 0.370 e. The Bertz CT molecular complexity index is 413. The Hall–Kier alpha value is -1.51. The number of hydrogen-bond acceptors (Lipinski definition) is 1. The fraction of sp³-hybridized carbons (Fsp3) is 0.533. The number of nitrogens with two attached hydrogens (primary N) is 1. The summed E-state index contributed by atoms with van der Waals surface area (Å²) in [6.45, 7) is 5.00. The molecule has 3 heteroatoms. The zero-order chi connectivity index (χ0) is 13.0. The zero-order valence-electron chi connectivity index (χ0n) is 11.4. The van der Waals surface area contributed by atoms with Gasteiger partial charge in [0.1, 0.15) is 0 Å². The summed E-state index contributed by atoms with van der Waals surface area (Å²) in [5.41, 5.74) is 9.37. The van der Waals surface area contributed by atoms with E-state index in [2.05, 4.69) is 42.4 Å². The molecule has 98 valence electrons. The van der Waals surface area contributed by atoms with Gasteiger partial charge in [0.25, 0.3) is 0 Å². The van der Waals surface area contributed by atoms with E-state index in [9.17, 15) is 0 Å². The third-order valence-electron chi connectivity index (χ3n) is 3.24. The Morgan fingerprint density at radius 3 is 2.56 bits per heavy atom. The van der Waals surface area contributed by atoms with Crippen LogP contribution in [0.4, 0.5) is 5.69 Å². The van der Waals surface area contributed by atoms with Crippen molar-refractivity contribution in [1.29, 1.82) is 0 Å². The molecule has 0 bridgehead atoms. The highest BCUT2D eigenvalue weighted by Crippen LogP contribution is 2.33. The number of anilines is 1. The number of benzene rings is 1. The molecule has 2 rings (SSSR count). The number of nitrogens with zero attached hydrogens (tertiary/aromatic N) is 1. The van der Waals surface area contributed by atoms with Crippen LogP contribution in [0, 0.1) is 19.8 Å². The Morgan fingerprint density at radius 2 is 1.94 bits per heavy atom. The molecule has 18 heavy (non-hydrogen) atoms. The summed E-state index contributed by atoms with van der Waals surface area (Å²) in [7, 11) is 0. The van der Waals surface area contributed by atoms with Gasteiger partial charge in [0.05, 0.1) is 0 Å². The van der Waals surface area contributed by atoms with Crippen molar-refractivity contribution in [3.05, 3.63) is 29.3 Å². The highest BCUT2D eigenvalue weighted by molar-refractivity contribution is 5.92. The maximum absolute atomic E-state index is 5.88. The average molecular weight is 245 g/mol. The molecule has 1 fully saturated rings. The van der Waals surface area contributed by atoms with Gasteiger partial charge in [-0.05, 0) is 55.9 Å². The normalized spacial score (nSPS) is 15.8. The molecule has 0 unspecified atom stereocenters. The van der Waals surface area contributed by atoms with E-state index in [0.29, 0.717) is 5.96 Å². The van der Waals surface area contributed by atoms with Crippen molar-refractivity contribution in [3.8, 4) is 0 Å². The first-order valence-electron chi connectivity index (χ1n) is 6.79. The first-order valence-corrected chi connectivity index (χ1v) is 6.79. The molecule has 1 aromatic rings. The molecule has 1 aromatic carbocycles. The number of guanidine groups is 1. The van der Waals surface area contributed by atoms with Gasteiger partial charge in [-0.25, -0.2) is 0 Å². The molecule has 0 amide bonds. The Labute approximate surface area is 109 Å². The van der Waals surface area contributed by atoms with E-state index in [0.717, 1.165) is 24.6 Å². The Balaban J connectivity index is 1.80. The highest BCUT2D eigenvalue weighted by atomic mass is 15.1. The summed E-state index contributed by atoms with van der Waals surface area (Å²) in [6.07, 6.45) is 5.29. The molecule has 0 radical (unpaired) electrons. The van der Waals surface area contributed by atoms with Crippen molar-refractivity contribution >= 4 is 11.6 Å². The van der Waals surface area contributed by atoms with Crippen LogP contribution in [0.2, 0.25) is 0 Å². The van der Waals surface area contributed by atoms with Crippen molar-refractivity contribution in [2.45, 2.75) is 39.5 Å². The van der Waals surface area contributed by atoms with Crippen LogP contribution in [0.15, 0.2) is 23.2 Å². The molecule has 1 aliphatic rings. The number of aryl methyl sites for hydroxylation is 2. The minimum absolute atomic E-state index is 0.524. The second kappa shape index (κ2) is 5.89. The van der Waals surface area contributed by atoms with Crippen LogP contribution in [-0.2, 0) is 0 Å². The molecule has 0 aromatic heterocycles. The smallest absolute Gasteiger partial charge is 0.193 e. The third kappa shape index (κ3) is 4.40. The molecular formula is C15H23N3. The van der Waals surface area contributed by atoms with Crippen molar-refractivity contribution < 1.29 is 0 Å². The lowest BCUT2D eigenvalue weighted by Gasteiger charge is -2.08. The van der Waals surface area contributed by atoms with E-state index in [1.165, 1.54) is 30.4 Å². The fourth-order valence-electron chi connectivity index (χ4n) is 2.22. The van der Waals surface area contributed by atoms with E-state index in [1.54, 1.807) is 0 Å². The van der Waals surface area contributed by atoms with E-state index in [-0.39, 0.29) is 0 Å². The summed E-state index contributed by atoms with van der Waals surface area (Å²) < 4.78 is 0. The summed E-state index contributed by atoms with van der Waals surface area (Å²) in [6, 6.07) is 6.31. The highest BCUT2D eigenvalue weighted by Gasteiger charge is 2.19. The summed E-state index contributed by atoms with van der Waals surface area (Å²) in [5.74, 6) is 1.50. The zero-order valence-corrected chi connectivity index (χ0v) is 11.4. The second-order valence-corrected chi connectivity index (χ2v) is 5.35. The predicted octanol–water partition coefficient (Wildman–Crippen LogP) is 3.22. The third-order valence-corrected chi connectivity index (χ3v) is 3.24. The SMILES string of the molecule is Cc1cc(C)cc(NC(N)=NCCCC2CC2)c1. The van der Waals surface area contributed by atoms with E-state index < -0.39 is 0 Å². The quantitative estimate of drug-likeness (QED) is 0.475. The summed E-state index contributed by atoms with van der Waals surface area (Å²) in [4.78, 5) is 4.36. The Morgan fingerprint density at radius 1 is 1.28 bits per heavy atom. The van der Waals surface area contributed by atoms with Gasteiger partial charge in [-0.1, -0.05) is 18.9 Å². The number of hydrogen-bond donors (Lipinski definition) is 2. The van der Waals surface area contributed by atoms with Gasteiger partial charge in [-0.15, -0.1) is 0 Å². The molecule has 1 aliphatic carbocycles. The Kier molecular flexibility index (Phi) is 4.24. The maximum atomic E-state index is 5.88. The van der Waals surface area contributed by atoms with E-state index in [1.807, 2.05) is 0 Å². The minimum Gasteiger partial charge on any atom is -0.370 e. The molecule has 0 saturated heterocycles. The lowest BCUT2D eigenvalue weighted by Crippen LogP contribution is -2.23. The molecule has 1 saturated carbocycles. The van der Waals surface area contributed by atoms with Crippen molar-refractivity contribution in [1.82, 2.24) is 0 Å². The van der Waals surface area contributed by atoms with Crippen LogP contribution in [0.1, 0.15) is 36.8 Å². The monoisotopic (exact) mass is 245 g/mol. The van der Waals surface area contributed by atoms with Gasteiger partial charge < -0.3 is 11.1 Å². The van der Waals surface area contributed by atoms with Crippen molar-refractivity contribution in [2.75, 3.05) is 11.9 Å². The first-order chi connectivity index (χ1) is 8.63. The van der Waals surface area contributed by atoms with Crippen LogP contribution in [-0.4, -0.2) is 12.5 Å². The van der Waals surface area contributed by atoms with Crippen LogP contribution < -0.4 is 11.1 Å². The molecule has 0 aliphatic heterocycles. The molecule has 3 N–H and O–H groups in total. The van der Waals surface area contributed by atoms with Crippen LogP contribution in [0.3, 0.4) is 0 Å². The summed E-state index contributed by atoms with van der Waals surface area (Å²) in [5, 5.41) is 3.16.